The Morgan fingerprint density at radius 2 is 1.64 bits per heavy atom. The first kappa shape index (κ1) is 19.8. The molecule has 0 atom stereocenters. The molecule has 0 fully saturated rings. The molecule has 3 rings (SSSR count). The quantitative estimate of drug-likeness (QED) is 0.702. The van der Waals surface area contributed by atoms with Crippen molar-refractivity contribution in [2.75, 3.05) is 18.9 Å². The molecular formula is C23H28N4O. The highest BCUT2D eigenvalue weighted by molar-refractivity contribution is 5.93. The van der Waals surface area contributed by atoms with Gasteiger partial charge in [0.15, 0.2) is 0 Å². The number of nitrogens with one attached hydrogen (secondary N) is 1. The van der Waals surface area contributed by atoms with Gasteiger partial charge in [-0.1, -0.05) is 36.4 Å². The predicted molar refractivity (Wildman–Crippen MR) is 114 cm³/mol. The summed E-state index contributed by atoms with van der Waals surface area (Å²) in [6.07, 6.45) is 0. The van der Waals surface area contributed by atoms with Crippen molar-refractivity contribution in [2.45, 2.75) is 34.2 Å². The largest absolute Gasteiger partial charge is 0.324 e. The third-order valence-corrected chi connectivity index (χ3v) is 5.03. The molecule has 0 saturated heterocycles. The van der Waals surface area contributed by atoms with Crippen molar-refractivity contribution in [1.29, 1.82) is 0 Å². The summed E-state index contributed by atoms with van der Waals surface area (Å²) >= 11 is 0. The van der Waals surface area contributed by atoms with E-state index >= 15 is 0 Å². The van der Waals surface area contributed by atoms with Gasteiger partial charge in [0.1, 0.15) is 0 Å². The molecule has 0 unspecified atom stereocenters. The first-order valence-corrected chi connectivity index (χ1v) is 9.52. The number of aryl methyl sites for hydroxylation is 3. The molecule has 2 aromatic carbocycles. The standard InChI is InChI=1S/C23H28N4O/c1-16-10-9-11-17(2)23(16)24-22(28)15-26(5)14-21-18(3)25-27(19(21)4)20-12-7-6-8-13-20/h6-13H,14-15H2,1-5H3,(H,24,28). The van der Waals surface area contributed by atoms with E-state index in [0.717, 1.165) is 39.5 Å². The van der Waals surface area contributed by atoms with E-state index < -0.39 is 0 Å². The second-order valence-electron chi connectivity index (χ2n) is 7.38. The van der Waals surface area contributed by atoms with Crippen molar-refractivity contribution in [3.8, 4) is 5.69 Å². The molecule has 0 aliphatic rings. The minimum Gasteiger partial charge on any atom is -0.324 e. The van der Waals surface area contributed by atoms with E-state index in [0.29, 0.717) is 13.1 Å². The van der Waals surface area contributed by atoms with Gasteiger partial charge >= 0.3 is 0 Å². The molecule has 0 saturated carbocycles. The lowest BCUT2D eigenvalue weighted by molar-refractivity contribution is -0.117. The maximum Gasteiger partial charge on any atom is 0.238 e. The fourth-order valence-corrected chi connectivity index (χ4v) is 3.49. The number of anilines is 1. The SMILES string of the molecule is Cc1cccc(C)c1NC(=O)CN(C)Cc1c(C)nn(-c2ccccc2)c1C. The second kappa shape index (κ2) is 8.40. The smallest absolute Gasteiger partial charge is 0.238 e. The van der Waals surface area contributed by atoms with Crippen LogP contribution in [-0.2, 0) is 11.3 Å². The molecule has 0 aliphatic carbocycles. The minimum atomic E-state index is -0.00865. The molecule has 0 spiro atoms. The Balaban J connectivity index is 1.69. The Hall–Kier alpha value is -2.92. The lowest BCUT2D eigenvalue weighted by Gasteiger charge is -2.18. The van der Waals surface area contributed by atoms with Crippen molar-refractivity contribution < 1.29 is 4.79 Å². The fourth-order valence-electron chi connectivity index (χ4n) is 3.49. The summed E-state index contributed by atoms with van der Waals surface area (Å²) in [5.41, 5.74) is 7.36. The van der Waals surface area contributed by atoms with Crippen molar-refractivity contribution in [3.05, 3.63) is 76.6 Å². The van der Waals surface area contributed by atoms with Crippen molar-refractivity contribution in [1.82, 2.24) is 14.7 Å². The molecule has 1 N–H and O–H groups in total. The van der Waals surface area contributed by atoms with Crippen LogP contribution in [0.3, 0.4) is 0 Å². The number of carbonyl (C=O) groups is 1. The Morgan fingerprint density at radius 3 is 2.29 bits per heavy atom. The van der Waals surface area contributed by atoms with Gasteiger partial charge in [-0.25, -0.2) is 4.68 Å². The topological polar surface area (TPSA) is 50.2 Å². The zero-order valence-corrected chi connectivity index (χ0v) is 17.3. The van der Waals surface area contributed by atoms with Gasteiger partial charge in [0, 0.05) is 23.5 Å². The molecule has 3 aromatic rings. The van der Waals surface area contributed by atoms with E-state index in [9.17, 15) is 4.79 Å². The van der Waals surface area contributed by atoms with Crippen LogP contribution in [0.15, 0.2) is 48.5 Å². The van der Waals surface area contributed by atoms with E-state index in [4.69, 9.17) is 5.10 Å². The normalized spacial score (nSPS) is 11.1. The lowest BCUT2D eigenvalue weighted by Crippen LogP contribution is -2.30. The first-order valence-electron chi connectivity index (χ1n) is 9.52. The zero-order valence-electron chi connectivity index (χ0n) is 17.3. The van der Waals surface area contributed by atoms with Crippen molar-refractivity contribution in [2.24, 2.45) is 0 Å². The van der Waals surface area contributed by atoms with Gasteiger partial charge < -0.3 is 5.32 Å². The third-order valence-electron chi connectivity index (χ3n) is 5.03. The summed E-state index contributed by atoms with van der Waals surface area (Å²) < 4.78 is 1.97. The average molecular weight is 377 g/mol. The number of nitrogens with zero attached hydrogens (tertiary/aromatic N) is 3. The zero-order chi connectivity index (χ0) is 20.3. The average Bonchev–Trinajstić information content (AvgIpc) is 2.94. The molecule has 1 heterocycles. The van der Waals surface area contributed by atoms with Gasteiger partial charge in [0.05, 0.1) is 17.9 Å². The Morgan fingerprint density at radius 1 is 1.00 bits per heavy atom. The molecule has 0 radical (unpaired) electrons. The van der Waals surface area contributed by atoms with Crippen LogP contribution in [0.2, 0.25) is 0 Å². The number of para-hydroxylation sites is 2. The summed E-state index contributed by atoms with van der Waals surface area (Å²) in [6, 6.07) is 16.1. The highest BCUT2D eigenvalue weighted by atomic mass is 16.2. The van der Waals surface area contributed by atoms with Crippen molar-refractivity contribution >= 4 is 11.6 Å². The van der Waals surface area contributed by atoms with Crippen LogP contribution in [0.1, 0.15) is 28.1 Å². The van der Waals surface area contributed by atoms with E-state index in [1.54, 1.807) is 0 Å². The number of amides is 1. The maximum absolute atomic E-state index is 12.5. The number of hydrogen-bond acceptors (Lipinski definition) is 3. The Labute approximate surface area is 167 Å². The van der Waals surface area contributed by atoms with Gasteiger partial charge in [-0.05, 0) is 58.0 Å². The summed E-state index contributed by atoms with van der Waals surface area (Å²) in [5.74, 6) is -0.00865. The van der Waals surface area contributed by atoms with E-state index in [1.165, 1.54) is 0 Å². The van der Waals surface area contributed by atoms with Crippen LogP contribution in [0, 0.1) is 27.7 Å². The van der Waals surface area contributed by atoms with Gasteiger partial charge in [-0.3, -0.25) is 9.69 Å². The monoisotopic (exact) mass is 376 g/mol. The summed E-state index contributed by atoms with van der Waals surface area (Å²) in [5, 5.41) is 7.75. The number of carbonyl (C=O) groups excluding carboxylic acids is 1. The van der Waals surface area contributed by atoms with Crippen molar-refractivity contribution in [3.63, 3.8) is 0 Å². The number of hydrogen-bond donors (Lipinski definition) is 1. The van der Waals surface area contributed by atoms with Crippen LogP contribution in [-0.4, -0.2) is 34.2 Å². The first-order chi connectivity index (χ1) is 13.4. The summed E-state index contributed by atoms with van der Waals surface area (Å²) in [4.78, 5) is 14.6. The van der Waals surface area contributed by atoms with Gasteiger partial charge in [-0.2, -0.15) is 5.10 Å². The molecule has 0 bridgehead atoms. The molecule has 0 aliphatic heterocycles. The highest BCUT2D eigenvalue weighted by Gasteiger charge is 2.16. The van der Waals surface area contributed by atoms with Crippen LogP contribution in [0.25, 0.3) is 5.69 Å². The molecule has 28 heavy (non-hydrogen) atoms. The fraction of sp³-hybridized carbons (Fsp3) is 0.304. The van der Waals surface area contributed by atoms with E-state index in [-0.39, 0.29) is 5.91 Å². The maximum atomic E-state index is 12.5. The van der Waals surface area contributed by atoms with E-state index in [2.05, 4.69) is 12.2 Å². The minimum absolute atomic E-state index is 0.00865. The van der Waals surface area contributed by atoms with Gasteiger partial charge in [-0.15, -0.1) is 0 Å². The van der Waals surface area contributed by atoms with E-state index in [1.807, 2.05) is 85.9 Å². The van der Waals surface area contributed by atoms with Crippen LogP contribution >= 0.6 is 0 Å². The summed E-state index contributed by atoms with van der Waals surface area (Å²) in [6.45, 7) is 9.11. The molecule has 146 valence electrons. The molecular weight excluding hydrogens is 348 g/mol. The second-order valence-corrected chi connectivity index (χ2v) is 7.38. The number of benzene rings is 2. The predicted octanol–water partition coefficient (Wildman–Crippen LogP) is 4.18. The molecule has 1 amide bonds. The molecule has 5 nitrogen and oxygen atoms in total. The van der Waals surface area contributed by atoms with Gasteiger partial charge in [0.2, 0.25) is 5.91 Å². The number of rotatable bonds is 6. The Bertz CT molecular complexity index is 956. The third kappa shape index (κ3) is 4.31. The lowest BCUT2D eigenvalue weighted by atomic mass is 10.1. The number of aromatic nitrogens is 2. The highest BCUT2D eigenvalue weighted by Crippen LogP contribution is 2.21. The van der Waals surface area contributed by atoms with Crippen LogP contribution in [0.4, 0.5) is 5.69 Å². The van der Waals surface area contributed by atoms with Gasteiger partial charge in [0.25, 0.3) is 0 Å². The molecule has 1 aromatic heterocycles. The van der Waals surface area contributed by atoms with Crippen LogP contribution in [0.5, 0.6) is 0 Å². The Kier molecular flexibility index (Phi) is 5.95. The summed E-state index contributed by atoms with van der Waals surface area (Å²) in [7, 11) is 1.96. The molecule has 5 heteroatoms. The number of likely N-dealkylation sites (N-methyl/N-ethyl adjacent to an activating group) is 1. The van der Waals surface area contributed by atoms with Crippen LogP contribution < -0.4 is 5.32 Å².